The molecule has 0 unspecified atom stereocenters. The maximum atomic E-state index is 5.60. The molecule has 0 aliphatic carbocycles. The molecule has 3 nitrogen and oxygen atoms in total. The Morgan fingerprint density at radius 3 is 2.93 bits per heavy atom. The SMILES string of the molecule is C#Cc1ncccc1OC1CNC1.Cl. The number of rotatable bonds is 2. The molecule has 1 fully saturated rings. The molecule has 1 aliphatic heterocycles. The van der Waals surface area contributed by atoms with E-state index in [1.54, 1.807) is 6.20 Å². The summed E-state index contributed by atoms with van der Waals surface area (Å²) in [5.41, 5.74) is 0.578. The van der Waals surface area contributed by atoms with Crippen LogP contribution in [0.3, 0.4) is 0 Å². The Kier molecular flexibility index (Phi) is 3.75. The third-order valence-electron chi connectivity index (χ3n) is 1.95. The summed E-state index contributed by atoms with van der Waals surface area (Å²) in [6.07, 6.45) is 7.19. The summed E-state index contributed by atoms with van der Waals surface area (Å²) < 4.78 is 5.60. The van der Waals surface area contributed by atoms with Gasteiger partial charge in [-0.2, -0.15) is 0 Å². The molecule has 2 rings (SSSR count). The molecule has 0 saturated carbocycles. The number of ether oxygens (including phenoxy) is 1. The van der Waals surface area contributed by atoms with E-state index < -0.39 is 0 Å². The highest BCUT2D eigenvalue weighted by Gasteiger charge is 2.19. The van der Waals surface area contributed by atoms with E-state index in [2.05, 4.69) is 16.2 Å². The minimum atomic E-state index is 0. The van der Waals surface area contributed by atoms with Gasteiger partial charge in [-0.3, -0.25) is 0 Å². The van der Waals surface area contributed by atoms with Gasteiger partial charge in [-0.05, 0) is 18.1 Å². The molecule has 1 aromatic heterocycles. The van der Waals surface area contributed by atoms with Crippen LogP contribution in [-0.2, 0) is 0 Å². The first kappa shape index (κ1) is 10.8. The van der Waals surface area contributed by atoms with Gasteiger partial charge in [0, 0.05) is 19.3 Å². The molecular formula is C10H11ClN2O. The molecule has 0 spiro atoms. The molecule has 14 heavy (non-hydrogen) atoms. The van der Waals surface area contributed by atoms with Gasteiger partial charge in [0.2, 0.25) is 0 Å². The lowest BCUT2D eigenvalue weighted by atomic mass is 10.2. The molecule has 0 aromatic carbocycles. The second-order valence-corrected chi connectivity index (χ2v) is 2.89. The minimum Gasteiger partial charge on any atom is -0.485 e. The summed E-state index contributed by atoms with van der Waals surface area (Å²) in [4.78, 5) is 4.03. The topological polar surface area (TPSA) is 34.1 Å². The van der Waals surface area contributed by atoms with Crippen LogP contribution in [0.5, 0.6) is 5.75 Å². The first-order valence-electron chi connectivity index (χ1n) is 4.19. The fourth-order valence-electron chi connectivity index (χ4n) is 1.12. The summed E-state index contributed by atoms with van der Waals surface area (Å²) in [5.74, 6) is 3.20. The van der Waals surface area contributed by atoms with Crippen LogP contribution in [0.15, 0.2) is 18.3 Å². The number of hydrogen-bond donors (Lipinski definition) is 1. The van der Waals surface area contributed by atoms with Crippen molar-refractivity contribution in [1.82, 2.24) is 10.3 Å². The van der Waals surface area contributed by atoms with Crippen LogP contribution in [0.25, 0.3) is 0 Å². The first-order chi connectivity index (χ1) is 6.40. The number of halogens is 1. The largest absolute Gasteiger partial charge is 0.485 e. The third kappa shape index (κ3) is 2.16. The van der Waals surface area contributed by atoms with Crippen LogP contribution in [0.4, 0.5) is 0 Å². The second-order valence-electron chi connectivity index (χ2n) is 2.89. The summed E-state index contributed by atoms with van der Waals surface area (Å²) >= 11 is 0. The Morgan fingerprint density at radius 1 is 1.57 bits per heavy atom. The Balaban J connectivity index is 0.000000980. The monoisotopic (exact) mass is 210 g/mol. The van der Waals surface area contributed by atoms with Gasteiger partial charge in [-0.1, -0.05) is 0 Å². The van der Waals surface area contributed by atoms with Crippen LogP contribution < -0.4 is 10.1 Å². The molecule has 74 valence electrons. The normalized spacial score (nSPS) is 14.8. The van der Waals surface area contributed by atoms with E-state index in [1.165, 1.54) is 0 Å². The Morgan fingerprint density at radius 2 is 2.36 bits per heavy atom. The molecule has 0 radical (unpaired) electrons. The molecule has 1 N–H and O–H groups in total. The molecule has 1 aromatic rings. The molecule has 4 heteroatoms. The van der Waals surface area contributed by atoms with Gasteiger partial charge >= 0.3 is 0 Å². The van der Waals surface area contributed by atoms with Crippen molar-refractivity contribution >= 4 is 12.4 Å². The third-order valence-corrected chi connectivity index (χ3v) is 1.95. The average molecular weight is 211 g/mol. The number of terminal acetylenes is 1. The first-order valence-corrected chi connectivity index (χ1v) is 4.19. The van der Waals surface area contributed by atoms with E-state index in [-0.39, 0.29) is 18.5 Å². The Bertz CT molecular complexity index is 344. The quantitative estimate of drug-likeness (QED) is 0.735. The smallest absolute Gasteiger partial charge is 0.154 e. The predicted molar refractivity (Wildman–Crippen MR) is 56.7 cm³/mol. The zero-order chi connectivity index (χ0) is 9.10. The highest BCUT2D eigenvalue weighted by Crippen LogP contribution is 2.16. The van der Waals surface area contributed by atoms with Gasteiger partial charge < -0.3 is 10.1 Å². The molecule has 1 saturated heterocycles. The maximum absolute atomic E-state index is 5.60. The van der Waals surface area contributed by atoms with E-state index in [9.17, 15) is 0 Å². The van der Waals surface area contributed by atoms with Crippen molar-refractivity contribution in [2.45, 2.75) is 6.10 Å². The number of nitrogens with one attached hydrogen (secondary N) is 1. The van der Waals surface area contributed by atoms with Crippen LogP contribution in [-0.4, -0.2) is 24.2 Å². The Hall–Kier alpha value is -1.24. The predicted octanol–water partition coefficient (Wildman–Crippen LogP) is 0.835. The van der Waals surface area contributed by atoms with Crippen molar-refractivity contribution in [2.75, 3.05) is 13.1 Å². The molecule has 0 amide bonds. The van der Waals surface area contributed by atoms with Gasteiger partial charge in [0.05, 0.1) is 0 Å². The van der Waals surface area contributed by atoms with Crippen LogP contribution in [0.1, 0.15) is 5.69 Å². The van der Waals surface area contributed by atoms with Crippen molar-refractivity contribution in [3.8, 4) is 18.1 Å². The molecular weight excluding hydrogens is 200 g/mol. The fourth-order valence-corrected chi connectivity index (χ4v) is 1.12. The van der Waals surface area contributed by atoms with Crippen molar-refractivity contribution in [3.05, 3.63) is 24.0 Å². The van der Waals surface area contributed by atoms with E-state index in [1.807, 2.05) is 12.1 Å². The van der Waals surface area contributed by atoms with Gasteiger partial charge in [0.25, 0.3) is 0 Å². The number of aromatic nitrogens is 1. The summed E-state index contributed by atoms with van der Waals surface area (Å²) in [6.45, 7) is 1.78. The summed E-state index contributed by atoms with van der Waals surface area (Å²) in [7, 11) is 0. The number of nitrogens with zero attached hydrogens (tertiary/aromatic N) is 1. The van der Waals surface area contributed by atoms with Crippen molar-refractivity contribution in [3.63, 3.8) is 0 Å². The van der Waals surface area contributed by atoms with Crippen LogP contribution in [0.2, 0.25) is 0 Å². The Labute approximate surface area is 89.3 Å². The molecule has 0 atom stereocenters. The van der Waals surface area contributed by atoms with Crippen LogP contribution >= 0.6 is 12.4 Å². The lowest BCUT2D eigenvalue weighted by molar-refractivity contribution is 0.141. The van der Waals surface area contributed by atoms with Crippen molar-refractivity contribution < 1.29 is 4.74 Å². The molecule has 0 bridgehead atoms. The highest BCUT2D eigenvalue weighted by molar-refractivity contribution is 5.85. The zero-order valence-corrected chi connectivity index (χ0v) is 8.38. The average Bonchev–Trinajstić information content (AvgIpc) is 2.12. The summed E-state index contributed by atoms with van der Waals surface area (Å²) in [6, 6.07) is 3.67. The maximum Gasteiger partial charge on any atom is 0.154 e. The van der Waals surface area contributed by atoms with Crippen molar-refractivity contribution in [1.29, 1.82) is 0 Å². The van der Waals surface area contributed by atoms with Gasteiger partial charge in [-0.15, -0.1) is 18.8 Å². The number of hydrogen-bond acceptors (Lipinski definition) is 3. The van der Waals surface area contributed by atoms with Gasteiger partial charge in [0.15, 0.2) is 11.4 Å². The molecule has 1 aliphatic rings. The van der Waals surface area contributed by atoms with E-state index in [0.29, 0.717) is 11.4 Å². The minimum absolute atomic E-state index is 0. The standard InChI is InChI=1S/C10H10N2O.ClH/c1-2-9-10(4-3-5-12-9)13-8-6-11-7-8;/h1,3-5,8,11H,6-7H2;1H. The number of pyridine rings is 1. The van der Waals surface area contributed by atoms with Gasteiger partial charge in [0.1, 0.15) is 6.10 Å². The second kappa shape index (κ2) is 4.85. The lowest BCUT2D eigenvalue weighted by Gasteiger charge is -2.27. The zero-order valence-electron chi connectivity index (χ0n) is 7.56. The molecule has 2 heterocycles. The summed E-state index contributed by atoms with van der Waals surface area (Å²) in [5, 5.41) is 3.12. The van der Waals surface area contributed by atoms with Gasteiger partial charge in [-0.25, -0.2) is 4.98 Å². The van der Waals surface area contributed by atoms with Crippen molar-refractivity contribution in [2.24, 2.45) is 0 Å². The van der Waals surface area contributed by atoms with E-state index in [0.717, 1.165) is 13.1 Å². The fraction of sp³-hybridized carbons (Fsp3) is 0.300. The highest BCUT2D eigenvalue weighted by atomic mass is 35.5. The lowest BCUT2D eigenvalue weighted by Crippen LogP contribution is -2.50. The van der Waals surface area contributed by atoms with E-state index >= 15 is 0 Å². The van der Waals surface area contributed by atoms with E-state index in [4.69, 9.17) is 11.2 Å². The van der Waals surface area contributed by atoms with Crippen LogP contribution in [0, 0.1) is 12.3 Å².